The van der Waals surface area contributed by atoms with Crippen LogP contribution in [-0.4, -0.2) is 74.2 Å². The highest BCUT2D eigenvalue weighted by Gasteiger charge is 2.42. The van der Waals surface area contributed by atoms with Crippen LogP contribution in [0.5, 0.6) is 5.88 Å². The van der Waals surface area contributed by atoms with Crippen molar-refractivity contribution in [2.75, 3.05) is 20.2 Å². The highest BCUT2D eigenvalue weighted by atomic mass is 16.5. The SMILES string of the molecule is COc1cc(C(C(=O)N2C[C@H](O)C[C@H]2c2ncc(C(=O)N(CCCCc3ccccc3)C3CC3)[nH]2)C(C)C)on1. The van der Waals surface area contributed by atoms with E-state index < -0.39 is 18.1 Å². The van der Waals surface area contributed by atoms with Gasteiger partial charge in [-0.05, 0) is 48.7 Å². The molecule has 2 N–H and O–H groups in total. The van der Waals surface area contributed by atoms with Crippen molar-refractivity contribution in [3.63, 3.8) is 0 Å². The number of carbonyl (C=O) groups is 2. The fraction of sp³-hybridized carbons (Fsp3) is 0.533. The number of aliphatic hydroxyl groups excluding tert-OH is 1. The second kappa shape index (κ2) is 12.2. The largest absolute Gasteiger partial charge is 0.479 e. The molecule has 40 heavy (non-hydrogen) atoms. The summed E-state index contributed by atoms with van der Waals surface area (Å²) in [5.74, 6) is 0.308. The molecule has 0 spiro atoms. The number of likely N-dealkylation sites (tertiary alicyclic amines) is 1. The summed E-state index contributed by atoms with van der Waals surface area (Å²) in [5.41, 5.74) is 1.73. The van der Waals surface area contributed by atoms with E-state index in [0.717, 1.165) is 32.1 Å². The first-order valence-electron chi connectivity index (χ1n) is 14.2. The van der Waals surface area contributed by atoms with Gasteiger partial charge >= 0.3 is 0 Å². The molecule has 0 bridgehead atoms. The van der Waals surface area contributed by atoms with E-state index in [1.165, 1.54) is 12.7 Å². The molecule has 5 rings (SSSR count). The molecule has 10 heteroatoms. The third kappa shape index (κ3) is 6.22. The predicted octanol–water partition coefficient (Wildman–Crippen LogP) is 4.11. The minimum absolute atomic E-state index is 0.0637. The Labute approximate surface area is 234 Å². The van der Waals surface area contributed by atoms with Gasteiger partial charge in [-0.3, -0.25) is 9.59 Å². The number of nitrogens with one attached hydrogen (secondary N) is 1. The van der Waals surface area contributed by atoms with Crippen molar-refractivity contribution in [1.82, 2.24) is 24.9 Å². The minimum atomic E-state index is -0.692. The van der Waals surface area contributed by atoms with E-state index in [1.54, 1.807) is 17.2 Å². The second-order valence-corrected chi connectivity index (χ2v) is 11.2. The van der Waals surface area contributed by atoms with Gasteiger partial charge in [-0.2, -0.15) is 0 Å². The summed E-state index contributed by atoms with van der Waals surface area (Å²) in [6, 6.07) is 11.8. The standard InChI is InChI=1S/C30H39N5O5/c1-19(2)27(25-16-26(39-3)33-40-25)30(38)35-18-22(36)15-24(35)28-31-17-23(32-28)29(37)34(21-12-13-21)14-8-7-11-20-9-5-4-6-10-20/h4-6,9-10,16-17,19,21-22,24,27,36H,7-8,11-15,18H2,1-3H3,(H,31,32)/t22-,24+,27?/m1/s1. The lowest BCUT2D eigenvalue weighted by Gasteiger charge is -2.28. The number of imidazole rings is 1. The number of aryl methyl sites for hydroxylation is 1. The van der Waals surface area contributed by atoms with Crippen LogP contribution in [-0.2, 0) is 11.2 Å². The molecular formula is C30H39N5O5. The van der Waals surface area contributed by atoms with E-state index in [9.17, 15) is 14.7 Å². The molecule has 10 nitrogen and oxygen atoms in total. The van der Waals surface area contributed by atoms with Crippen molar-refractivity contribution in [3.8, 4) is 5.88 Å². The van der Waals surface area contributed by atoms with Gasteiger partial charge in [-0.1, -0.05) is 44.2 Å². The number of nitrogens with zero attached hydrogens (tertiary/aromatic N) is 4. The molecule has 1 aromatic carbocycles. The van der Waals surface area contributed by atoms with Crippen LogP contribution in [0.4, 0.5) is 0 Å². The molecule has 3 heterocycles. The van der Waals surface area contributed by atoms with E-state index in [-0.39, 0.29) is 30.3 Å². The fourth-order valence-electron chi connectivity index (χ4n) is 5.61. The maximum atomic E-state index is 13.8. The van der Waals surface area contributed by atoms with Crippen LogP contribution in [0.1, 0.15) is 85.5 Å². The summed E-state index contributed by atoms with van der Waals surface area (Å²) in [6.07, 6.45) is 6.18. The zero-order valence-corrected chi connectivity index (χ0v) is 23.5. The fourth-order valence-corrected chi connectivity index (χ4v) is 5.61. The van der Waals surface area contributed by atoms with E-state index in [2.05, 4.69) is 39.4 Å². The van der Waals surface area contributed by atoms with Gasteiger partial charge in [0.15, 0.2) is 5.76 Å². The summed E-state index contributed by atoms with van der Waals surface area (Å²) in [7, 11) is 1.49. The molecule has 1 saturated heterocycles. The average molecular weight is 550 g/mol. The van der Waals surface area contributed by atoms with Gasteiger partial charge in [-0.25, -0.2) is 4.98 Å². The predicted molar refractivity (Wildman–Crippen MR) is 148 cm³/mol. The van der Waals surface area contributed by atoms with Crippen molar-refractivity contribution in [2.24, 2.45) is 5.92 Å². The van der Waals surface area contributed by atoms with Crippen LogP contribution >= 0.6 is 0 Å². The number of aliphatic hydroxyl groups is 1. The third-order valence-corrected chi connectivity index (χ3v) is 7.86. The molecular weight excluding hydrogens is 510 g/mol. The quantitative estimate of drug-likeness (QED) is 0.326. The third-order valence-electron chi connectivity index (χ3n) is 7.86. The number of aromatic nitrogens is 3. The molecule has 1 saturated carbocycles. The maximum absolute atomic E-state index is 13.8. The molecule has 3 atom stereocenters. The smallest absolute Gasteiger partial charge is 0.272 e. The topological polar surface area (TPSA) is 125 Å². The Balaban J connectivity index is 1.26. The summed E-state index contributed by atoms with van der Waals surface area (Å²) < 4.78 is 10.6. The number of carbonyl (C=O) groups excluding carboxylic acids is 2. The lowest BCUT2D eigenvalue weighted by molar-refractivity contribution is -0.135. The summed E-state index contributed by atoms with van der Waals surface area (Å²) in [6.45, 7) is 4.76. The van der Waals surface area contributed by atoms with E-state index >= 15 is 0 Å². The Morgan fingerprint density at radius 1 is 1.23 bits per heavy atom. The molecule has 2 aliphatic rings. The Morgan fingerprint density at radius 2 is 2.00 bits per heavy atom. The molecule has 214 valence electrons. The van der Waals surface area contributed by atoms with Gasteiger partial charge in [0, 0.05) is 31.6 Å². The first-order chi connectivity index (χ1) is 19.4. The van der Waals surface area contributed by atoms with E-state index in [0.29, 0.717) is 36.1 Å². The van der Waals surface area contributed by atoms with Crippen molar-refractivity contribution in [3.05, 3.63) is 65.4 Å². The van der Waals surface area contributed by atoms with Crippen LogP contribution in [0, 0.1) is 5.92 Å². The van der Waals surface area contributed by atoms with E-state index in [4.69, 9.17) is 9.26 Å². The van der Waals surface area contributed by atoms with Crippen molar-refractivity contribution in [1.29, 1.82) is 0 Å². The zero-order valence-electron chi connectivity index (χ0n) is 23.5. The second-order valence-electron chi connectivity index (χ2n) is 11.2. The van der Waals surface area contributed by atoms with Crippen LogP contribution in [0.3, 0.4) is 0 Å². The number of methoxy groups -OCH3 is 1. The Hall–Kier alpha value is -3.66. The number of unbranched alkanes of at least 4 members (excludes halogenated alkanes) is 1. The number of amides is 2. The first kappa shape index (κ1) is 27.9. The maximum Gasteiger partial charge on any atom is 0.272 e. The number of aromatic amines is 1. The van der Waals surface area contributed by atoms with Gasteiger partial charge in [-0.15, -0.1) is 0 Å². The monoisotopic (exact) mass is 549 g/mol. The normalized spacial score (nSPS) is 19.7. The first-order valence-corrected chi connectivity index (χ1v) is 14.2. The van der Waals surface area contributed by atoms with Crippen LogP contribution in [0.2, 0.25) is 0 Å². The zero-order chi connectivity index (χ0) is 28.2. The van der Waals surface area contributed by atoms with Gasteiger partial charge in [0.2, 0.25) is 5.91 Å². The molecule has 2 fully saturated rings. The molecule has 0 radical (unpaired) electrons. The van der Waals surface area contributed by atoms with Gasteiger partial charge in [0.05, 0.1) is 25.5 Å². The number of β-amino-alcohol motifs (C(OH)–C–C–N with tert-alkyl or cyclic N) is 1. The Kier molecular flexibility index (Phi) is 8.54. The molecule has 2 aromatic heterocycles. The summed E-state index contributed by atoms with van der Waals surface area (Å²) in [4.78, 5) is 38.6. The summed E-state index contributed by atoms with van der Waals surface area (Å²) >= 11 is 0. The highest BCUT2D eigenvalue weighted by molar-refractivity contribution is 5.92. The lowest BCUT2D eigenvalue weighted by atomic mass is 9.91. The minimum Gasteiger partial charge on any atom is -0.479 e. The van der Waals surface area contributed by atoms with Gasteiger partial charge < -0.3 is 29.2 Å². The van der Waals surface area contributed by atoms with Gasteiger partial charge in [0.25, 0.3) is 11.8 Å². The van der Waals surface area contributed by atoms with Gasteiger partial charge in [0.1, 0.15) is 17.4 Å². The molecule has 1 aliphatic carbocycles. The molecule has 1 aliphatic heterocycles. The Bertz CT molecular complexity index is 1280. The summed E-state index contributed by atoms with van der Waals surface area (Å²) in [5, 5.41) is 14.4. The lowest BCUT2D eigenvalue weighted by Crippen LogP contribution is -2.37. The van der Waals surface area contributed by atoms with Crippen LogP contribution in [0.25, 0.3) is 0 Å². The van der Waals surface area contributed by atoms with E-state index in [1.807, 2.05) is 24.8 Å². The van der Waals surface area contributed by atoms with Crippen molar-refractivity contribution < 1.29 is 24.0 Å². The number of hydrogen-bond donors (Lipinski definition) is 2. The highest BCUT2D eigenvalue weighted by Crippen LogP contribution is 2.37. The van der Waals surface area contributed by atoms with Crippen molar-refractivity contribution >= 4 is 11.8 Å². The molecule has 1 unspecified atom stereocenters. The molecule has 3 aromatic rings. The number of hydrogen-bond acceptors (Lipinski definition) is 7. The number of H-pyrrole nitrogens is 1. The number of benzene rings is 1. The van der Waals surface area contributed by atoms with Crippen LogP contribution in [0.15, 0.2) is 47.1 Å². The molecule has 2 amide bonds. The van der Waals surface area contributed by atoms with Crippen molar-refractivity contribution in [2.45, 2.75) is 76.5 Å². The number of rotatable bonds is 12. The number of ether oxygens (including phenoxy) is 1. The van der Waals surface area contributed by atoms with Crippen LogP contribution < -0.4 is 4.74 Å². The average Bonchev–Trinajstić information content (AvgIpc) is 3.31. The Morgan fingerprint density at radius 3 is 2.67 bits per heavy atom.